The second-order valence-electron chi connectivity index (χ2n) is 3.74. The highest BCUT2D eigenvalue weighted by molar-refractivity contribution is 8.08. The van der Waals surface area contributed by atoms with E-state index in [4.69, 9.17) is 22.5 Å². The van der Waals surface area contributed by atoms with Crippen molar-refractivity contribution < 1.29 is 4.57 Å². The fourth-order valence-electron chi connectivity index (χ4n) is 1.58. The van der Waals surface area contributed by atoms with Crippen molar-refractivity contribution >= 4 is 28.3 Å². The van der Waals surface area contributed by atoms with Crippen LogP contribution in [0.2, 0.25) is 0 Å². The van der Waals surface area contributed by atoms with Gasteiger partial charge in [-0.25, -0.2) is 0 Å². The van der Waals surface area contributed by atoms with Gasteiger partial charge in [0.1, 0.15) is 0 Å². The van der Waals surface area contributed by atoms with E-state index in [-0.39, 0.29) is 6.16 Å². The smallest absolute Gasteiger partial charge is 0.257 e. The van der Waals surface area contributed by atoms with E-state index in [2.05, 4.69) is 13.8 Å². The van der Waals surface area contributed by atoms with Gasteiger partial charge >= 0.3 is 0 Å². The molecular weight excluding hydrogens is 250 g/mol. The Balaban J connectivity index is 3.01. The first-order chi connectivity index (χ1) is 6.94. The summed E-state index contributed by atoms with van der Waals surface area (Å²) in [5.74, 6) is -2.57. The number of halogens is 2. The largest absolute Gasteiger partial charge is 0.289 e. The third kappa shape index (κ3) is 4.18. The quantitative estimate of drug-likeness (QED) is 0.669. The Morgan fingerprint density at radius 1 is 1.33 bits per heavy atom. The Morgan fingerprint density at radius 3 is 2.47 bits per heavy atom. The number of hydrogen-bond acceptors (Lipinski definition) is 1. The molecule has 0 aliphatic heterocycles. The van der Waals surface area contributed by atoms with E-state index in [1.807, 2.05) is 24.3 Å². The molecule has 0 aliphatic rings. The average molecular weight is 265 g/mol. The monoisotopic (exact) mass is 264 g/mol. The van der Waals surface area contributed by atoms with Gasteiger partial charge in [-0.2, -0.15) is 0 Å². The van der Waals surface area contributed by atoms with Gasteiger partial charge in [0.2, 0.25) is 0 Å². The van der Waals surface area contributed by atoms with Crippen LogP contribution in [0.15, 0.2) is 24.3 Å². The normalized spacial score (nSPS) is 13.9. The molecule has 1 atom stereocenters. The van der Waals surface area contributed by atoms with Gasteiger partial charge < -0.3 is 0 Å². The van der Waals surface area contributed by atoms with Crippen molar-refractivity contribution in [2.75, 3.05) is 0 Å². The summed E-state index contributed by atoms with van der Waals surface area (Å²) in [6.07, 6.45) is 1.31. The second-order valence-corrected chi connectivity index (χ2v) is 8.99. The maximum absolute atomic E-state index is 11.4. The van der Waals surface area contributed by atoms with Gasteiger partial charge in [-0.05, 0) is 45.9 Å². The van der Waals surface area contributed by atoms with Crippen molar-refractivity contribution in [2.24, 2.45) is 0 Å². The van der Waals surface area contributed by atoms with Crippen molar-refractivity contribution in [3.63, 3.8) is 0 Å². The van der Waals surface area contributed by atoms with E-state index < -0.39 is 5.85 Å². The molecule has 0 aliphatic carbocycles. The maximum atomic E-state index is 11.4. The standard InChI is InChI=1S/C11H15Cl2OP/c1-3-9(2)11-7-5-4-6-10(11)8-15(12,13)14/h4-7,9H,3,8H2,1-2H3. The van der Waals surface area contributed by atoms with Crippen LogP contribution in [0, 0.1) is 0 Å². The zero-order valence-corrected chi connectivity index (χ0v) is 11.3. The van der Waals surface area contributed by atoms with Gasteiger partial charge in [-0.15, -0.1) is 0 Å². The van der Waals surface area contributed by atoms with E-state index >= 15 is 0 Å². The van der Waals surface area contributed by atoms with Crippen molar-refractivity contribution in [3.05, 3.63) is 35.4 Å². The van der Waals surface area contributed by atoms with Gasteiger partial charge in [0, 0.05) is 0 Å². The molecule has 1 rings (SSSR count). The minimum atomic E-state index is -3.02. The molecule has 4 heteroatoms. The molecule has 1 aromatic rings. The fourth-order valence-corrected chi connectivity index (χ4v) is 3.03. The Hall–Kier alpha value is 0.0300. The summed E-state index contributed by atoms with van der Waals surface area (Å²) in [4.78, 5) is 0. The highest BCUT2D eigenvalue weighted by Crippen LogP contribution is 2.59. The van der Waals surface area contributed by atoms with Crippen molar-refractivity contribution in [1.29, 1.82) is 0 Å². The molecule has 0 spiro atoms. The van der Waals surface area contributed by atoms with Crippen LogP contribution in [0.4, 0.5) is 0 Å². The fraction of sp³-hybridized carbons (Fsp3) is 0.455. The first-order valence-corrected chi connectivity index (χ1v) is 8.70. The summed E-state index contributed by atoms with van der Waals surface area (Å²) in [7, 11) is 0. The Bertz CT molecular complexity index is 373. The summed E-state index contributed by atoms with van der Waals surface area (Å²) in [6.45, 7) is 4.27. The lowest BCUT2D eigenvalue weighted by molar-refractivity contribution is 0.591. The van der Waals surface area contributed by atoms with Crippen LogP contribution in [-0.4, -0.2) is 0 Å². The third-order valence-corrected chi connectivity index (χ3v) is 3.98. The summed E-state index contributed by atoms with van der Waals surface area (Å²) in [5.41, 5.74) is 2.20. The molecule has 1 aromatic carbocycles. The van der Waals surface area contributed by atoms with Crippen molar-refractivity contribution in [2.45, 2.75) is 32.3 Å². The summed E-state index contributed by atoms with van der Waals surface area (Å²) in [6, 6.07) is 7.90. The number of rotatable bonds is 4. The molecule has 0 saturated heterocycles. The number of benzene rings is 1. The van der Waals surface area contributed by atoms with Gasteiger partial charge in [0.15, 0.2) is 0 Å². The number of hydrogen-bond donors (Lipinski definition) is 0. The highest BCUT2D eigenvalue weighted by Gasteiger charge is 2.18. The molecule has 15 heavy (non-hydrogen) atoms. The topological polar surface area (TPSA) is 17.1 Å². The lowest BCUT2D eigenvalue weighted by atomic mass is 9.94. The lowest BCUT2D eigenvalue weighted by Gasteiger charge is -2.14. The van der Waals surface area contributed by atoms with E-state index in [1.54, 1.807) is 0 Å². The second kappa shape index (κ2) is 5.39. The first kappa shape index (κ1) is 13.1. The molecule has 1 nitrogen and oxygen atoms in total. The van der Waals surface area contributed by atoms with Gasteiger partial charge in [-0.3, -0.25) is 4.57 Å². The van der Waals surface area contributed by atoms with Crippen LogP contribution in [0.5, 0.6) is 0 Å². The molecule has 0 amide bonds. The first-order valence-electron chi connectivity index (χ1n) is 5.00. The van der Waals surface area contributed by atoms with Gasteiger partial charge in [0.25, 0.3) is 5.85 Å². The van der Waals surface area contributed by atoms with Gasteiger partial charge in [0.05, 0.1) is 6.16 Å². The average Bonchev–Trinajstić information content (AvgIpc) is 2.15. The third-order valence-electron chi connectivity index (χ3n) is 2.55. The molecule has 84 valence electrons. The molecule has 0 N–H and O–H groups in total. The maximum Gasteiger partial charge on any atom is 0.257 e. The van der Waals surface area contributed by atoms with Crippen LogP contribution in [0.3, 0.4) is 0 Å². The summed E-state index contributed by atoms with van der Waals surface area (Å²) >= 11 is 11.2. The minimum Gasteiger partial charge on any atom is -0.289 e. The minimum absolute atomic E-state index is 0.261. The molecule has 1 unspecified atom stereocenters. The van der Waals surface area contributed by atoms with Crippen molar-refractivity contribution in [3.8, 4) is 0 Å². The molecule has 0 radical (unpaired) electrons. The molecule has 0 saturated carbocycles. The van der Waals surface area contributed by atoms with E-state index in [0.29, 0.717) is 5.92 Å². The van der Waals surface area contributed by atoms with Crippen LogP contribution < -0.4 is 0 Å². The van der Waals surface area contributed by atoms with Crippen molar-refractivity contribution in [1.82, 2.24) is 0 Å². The lowest BCUT2D eigenvalue weighted by Crippen LogP contribution is -1.97. The van der Waals surface area contributed by atoms with Gasteiger partial charge in [-0.1, -0.05) is 38.1 Å². The zero-order valence-electron chi connectivity index (χ0n) is 8.91. The molecule has 0 fully saturated rings. The highest BCUT2D eigenvalue weighted by atomic mass is 35.9. The van der Waals surface area contributed by atoms with E-state index in [9.17, 15) is 4.57 Å². The Kier molecular flexibility index (Phi) is 4.70. The molecule has 0 bridgehead atoms. The SMILES string of the molecule is CCC(C)c1ccccc1CP(=O)(Cl)Cl. The molecule has 0 heterocycles. The van der Waals surface area contributed by atoms with Crippen LogP contribution in [0.25, 0.3) is 0 Å². The molecule has 0 aromatic heterocycles. The van der Waals surface area contributed by atoms with Crippen LogP contribution >= 0.6 is 28.3 Å². The zero-order chi connectivity index (χ0) is 11.5. The van der Waals surface area contributed by atoms with Crippen LogP contribution in [0.1, 0.15) is 37.3 Å². The summed E-state index contributed by atoms with van der Waals surface area (Å²) < 4.78 is 11.4. The Morgan fingerprint density at radius 2 is 1.93 bits per heavy atom. The predicted molar refractivity (Wildman–Crippen MR) is 68.2 cm³/mol. The Labute approximate surface area is 101 Å². The van der Waals surface area contributed by atoms with Crippen LogP contribution in [-0.2, 0) is 10.7 Å². The van der Waals surface area contributed by atoms with E-state index in [0.717, 1.165) is 12.0 Å². The van der Waals surface area contributed by atoms with E-state index in [1.165, 1.54) is 5.56 Å². The predicted octanol–water partition coefficient (Wildman–Crippen LogP) is 5.37. The molecular formula is C11H15Cl2OP. The summed E-state index contributed by atoms with van der Waals surface area (Å²) in [5, 5.41) is 0.